The number of hydrogen-bond donors (Lipinski definition) is 2. The first-order chi connectivity index (χ1) is 9.52. The molecule has 0 saturated carbocycles. The van der Waals surface area contributed by atoms with Crippen LogP contribution in [0.2, 0.25) is 0 Å². The number of carbonyl (C=O) groups excluding carboxylic acids is 1. The molecule has 0 aliphatic heterocycles. The largest absolute Gasteiger partial charge is 0.398 e. The van der Waals surface area contributed by atoms with Gasteiger partial charge >= 0.3 is 0 Å². The average molecular weight is 268 g/mol. The van der Waals surface area contributed by atoms with Crippen molar-refractivity contribution in [1.29, 1.82) is 0 Å². The monoisotopic (exact) mass is 268 g/mol. The van der Waals surface area contributed by atoms with Gasteiger partial charge in [-0.1, -0.05) is 31.2 Å². The highest BCUT2D eigenvalue weighted by atomic mass is 16.1. The normalized spacial score (nSPS) is 10.3. The van der Waals surface area contributed by atoms with Crippen LogP contribution in [0, 0.1) is 13.8 Å². The van der Waals surface area contributed by atoms with E-state index < -0.39 is 0 Å². The van der Waals surface area contributed by atoms with Crippen LogP contribution >= 0.6 is 0 Å². The maximum absolute atomic E-state index is 12.4. The minimum Gasteiger partial charge on any atom is -0.398 e. The lowest BCUT2D eigenvalue weighted by Crippen LogP contribution is -2.15. The summed E-state index contributed by atoms with van der Waals surface area (Å²) in [5.74, 6) is -0.0891. The van der Waals surface area contributed by atoms with E-state index in [0.29, 0.717) is 11.3 Å². The molecule has 3 heteroatoms. The summed E-state index contributed by atoms with van der Waals surface area (Å²) in [5.41, 5.74) is 11.2. The molecule has 104 valence electrons. The van der Waals surface area contributed by atoms with E-state index in [9.17, 15) is 4.79 Å². The number of nitrogen functional groups attached to an aromatic ring is 1. The number of hydrogen-bond acceptors (Lipinski definition) is 2. The van der Waals surface area contributed by atoms with Gasteiger partial charge in [-0.05, 0) is 49.1 Å². The van der Waals surface area contributed by atoms with Gasteiger partial charge in [-0.15, -0.1) is 0 Å². The molecule has 2 aromatic carbocycles. The summed E-state index contributed by atoms with van der Waals surface area (Å²) in [7, 11) is 0. The molecule has 0 bridgehead atoms. The topological polar surface area (TPSA) is 55.1 Å². The second-order valence-electron chi connectivity index (χ2n) is 4.99. The Kier molecular flexibility index (Phi) is 4.08. The van der Waals surface area contributed by atoms with Gasteiger partial charge in [0.2, 0.25) is 0 Å². The lowest BCUT2D eigenvalue weighted by atomic mass is 10.0. The molecule has 0 atom stereocenters. The Bertz CT molecular complexity index is 647. The van der Waals surface area contributed by atoms with E-state index in [1.54, 1.807) is 0 Å². The van der Waals surface area contributed by atoms with Crippen molar-refractivity contribution < 1.29 is 4.79 Å². The van der Waals surface area contributed by atoms with Crippen LogP contribution < -0.4 is 11.1 Å². The van der Waals surface area contributed by atoms with Crippen molar-refractivity contribution in [3.8, 4) is 0 Å². The van der Waals surface area contributed by atoms with Gasteiger partial charge in [0.15, 0.2) is 0 Å². The average Bonchev–Trinajstić information content (AvgIpc) is 2.44. The fourth-order valence-electron chi connectivity index (χ4n) is 2.24. The van der Waals surface area contributed by atoms with E-state index in [1.165, 1.54) is 0 Å². The van der Waals surface area contributed by atoms with Crippen LogP contribution in [-0.4, -0.2) is 5.91 Å². The molecule has 20 heavy (non-hydrogen) atoms. The van der Waals surface area contributed by atoms with Gasteiger partial charge in [0, 0.05) is 16.9 Å². The van der Waals surface area contributed by atoms with E-state index in [0.717, 1.165) is 28.8 Å². The molecule has 2 rings (SSSR count). The van der Waals surface area contributed by atoms with Crippen LogP contribution in [0.3, 0.4) is 0 Å². The third-order valence-electron chi connectivity index (χ3n) is 3.50. The van der Waals surface area contributed by atoms with Crippen molar-refractivity contribution in [2.45, 2.75) is 27.2 Å². The number of aryl methyl sites for hydroxylation is 3. The zero-order valence-corrected chi connectivity index (χ0v) is 12.2. The Morgan fingerprint density at radius 1 is 1.15 bits per heavy atom. The van der Waals surface area contributed by atoms with Crippen molar-refractivity contribution in [1.82, 2.24) is 0 Å². The molecule has 0 aliphatic rings. The van der Waals surface area contributed by atoms with Crippen molar-refractivity contribution in [2.24, 2.45) is 0 Å². The molecule has 3 N–H and O–H groups in total. The summed E-state index contributed by atoms with van der Waals surface area (Å²) < 4.78 is 0. The van der Waals surface area contributed by atoms with Crippen LogP contribution in [0.15, 0.2) is 36.4 Å². The van der Waals surface area contributed by atoms with E-state index >= 15 is 0 Å². The SMILES string of the molecule is CCc1ccccc1C(=O)Nc1cc(N)c(C)cc1C. The molecule has 0 unspecified atom stereocenters. The quantitative estimate of drug-likeness (QED) is 0.834. The number of carbonyl (C=O) groups is 1. The molecule has 0 aliphatic carbocycles. The third kappa shape index (κ3) is 2.82. The van der Waals surface area contributed by atoms with Crippen LogP contribution in [-0.2, 0) is 6.42 Å². The molecular weight excluding hydrogens is 248 g/mol. The van der Waals surface area contributed by atoms with Gasteiger partial charge in [-0.3, -0.25) is 4.79 Å². The lowest BCUT2D eigenvalue weighted by molar-refractivity contribution is 0.102. The highest BCUT2D eigenvalue weighted by Crippen LogP contribution is 2.23. The number of rotatable bonds is 3. The Morgan fingerprint density at radius 2 is 1.85 bits per heavy atom. The maximum Gasteiger partial charge on any atom is 0.255 e. The summed E-state index contributed by atoms with van der Waals surface area (Å²) >= 11 is 0. The predicted molar refractivity (Wildman–Crippen MR) is 84.1 cm³/mol. The Hall–Kier alpha value is -2.29. The van der Waals surface area contributed by atoms with Gasteiger partial charge in [0.25, 0.3) is 5.91 Å². The van der Waals surface area contributed by atoms with Gasteiger partial charge in [-0.2, -0.15) is 0 Å². The van der Waals surface area contributed by atoms with Crippen LogP contribution in [0.25, 0.3) is 0 Å². The molecule has 0 aromatic heterocycles. The summed E-state index contributed by atoms with van der Waals surface area (Å²) in [4.78, 5) is 12.4. The molecule has 0 heterocycles. The van der Waals surface area contributed by atoms with Crippen molar-refractivity contribution in [3.63, 3.8) is 0 Å². The highest BCUT2D eigenvalue weighted by Gasteiger charge is 2.11. The second kappa shape index (κ2) is 5.78. The van der Waals surface area contributed by atoms with Crippen LogP contribution in [0.5, 0.6) is 0 Å². The first-order valence-corrected chi connectivity index (χ1v) is 6.79. The van der Waals surface area contributed by atoms with Crippen molar-refractivity contribution in [2.75, 3.05) is 11.1 Å². The summed E-state index contributed by atoms with van der Waals surface area (Å²) in [5, 5.41) is 2.95. The number of nitrogens with two attached hydrogens (primary N) is 1. The van der Waals surface area contributed by atoms with Crippen LogP contribution in [0.4, 0.5) is 11.4 Å². The molecule has 0 fully saturated rings. The molecular formula is C17H20N2O. The Balaban J connectivity index is 2.30. The zero-order valence-electron chi connectivity index (χ0n) is 12.2. The van der Waals surface area contributed by atoms with Gasteiger partial charge < -0.3 is 11.1 Å². The number of benzene rings is 2. The first kappa shape index (κ1) is 14.1. The van der Waals surface area contributed by atoms with E-state index in [1.807, 2.05) is 57.2 Å². The fourth-order valence-corrected chi connectivity index (χ4v) is 2.24. The summed E-state index contributed by atoms with van der Waals surface area (Å²) in [6, 6.07) is 11.5. The van der Waals surface area contributed by atoms with E-state index in [4.69, 9.17) is 5.73 Å². The molecule has 0 radical (unpaired) electrons. The van der Waals surface area contributed by atoms with Crippen molar-refractivity contribution >= 4 is 17.3 Å². The molecule has 0 spiro atoms. The van der Waals surface area contributed by atoms with E-state index in [2.05, 4.69) is 5.32 Å². The minimum atomic E-state index is -0.0891. The Morgan fingerprint density at radius 3 is 2.55 bits per heavy atom. The number of nitrogens with one attached hydrogen (secondary N) is 1. The summed E-state index contributed by atoms with van der Waals surface area (Å²) in [6.07, 6.45) is 0.832. The predicted octanol–water partition coefficient (Wildman–Crippen LogP) is 3.70. The maximum atomic E-state index is 12.4. The molecule has 1 amide bonds. The van der Waals surface area contributed by atoms with Gasteiger partial charge in [0.1, 0.15) is 0 Å². The molecule has 3 nitrogen and oxygen atoms in total. The Labute approximate surface area is 119 Å². The van der Waals surface area contributed by atoms with Crippen molar-refractivity contribution in [3.05, 3.63) is 58.7 Å². The van der Waals surface area contributed by atoms with Gasteiger partial charge in [0.05, 0.1) is 0 Å². The number of anilines is 2. The zero-order chi connectivity index (χ0) is 14.7. The van der Waals surface area contributed by atoms with E-state index in [-0.39, 0.29) is 5.91 Å². The first-order valence-electron chi connectivity index (χ1n) is 6.79. The van der Waals surface area contributed by atoms with Gasteiger partial charge in [-0.25, -0.2) is 0 Å². The van der Waals surface area contributed by atoms with Crippen LogP contribution in [0.1, 0.15) is 34.0 Å². The number of amides is 1. The third-order valence-corrected chi connectivity index (χ3v) is 3.50. The molecule has 2 aromatic rings. The minimum absolute atomic E-state index is 0.0891. The lowest BCUT2D eigenvalue weighted by Gasteiger charge is -2.13. The summed E-state index contributed by atoms with van der Waals surface area (Å²) in [6.45, 7) is 5.97. The fraction of sp³-hybridized carbons (Fsp3) is 0.235. The standard InChI is InChI=1S/C17H20N2O/c1-4-13-7-5-6-8-14(13)17(20)19-16-10-15(18)11(2)9-12(16)3/h5-10H,4,18H2,1-3H3,(H,19,20). The second-order valence-corrected chi connectivity index (χ2v) is 4.99. The molecule has 0 saturated heterocycles. The smallest absolute Gasteiger partial charge is 0.255 e. The highest BCUT2D eigenvalue weighted by molar-refractivity contribution is 6.05.